The highest BCUT2D eigenvalue weighted by Crippen LogP contribution is 2.36. The van der Waals surface area contributed by atoms with E-state index >= 15 is 0 Å². The van der Waals surface area contributed by atoms with Crippen LogP contribution in [0.1, 0.15) is 39.7 Å². The van der Waals surface area contributed by atoms with Gasteiger partial charge in [0.05, 0.1) is 11.2 Å². The smallest absolute Gasteiger partial charge is 0.399 e. The highest BCUT2D eigenvalue weighted by atomic mass is 79.9. The summed E-state index contributed by atoms with van der Waals surface area (Å²) >= 11 is 3.36. The van der Waals surface area contributed by atoms with Gasteiger partial charge in [0.15, 0.2) is 0 Å². The average Bonchev–Trinajstić information content (AvgIpc) is 2.60. The molecule has 0 unspecified atom stereocenters. The SMILES string of the molecule is CC1(C)OB(c2ccc(C#CCCBr)cc2)OC1(C)C. The molecule has 1 fully saturated rings. The van der Waals surface area contributed by atoms with Gasteiger partial charge in [-0.05, 0) is 45.3 Å². The molecule has 1 aliphatic heterocycles. The summed E-state index contributed by atoms with van der Waals surface area (Å²) in [7, 11) is -0.301. The summed E-state index contributed by atoms with van der Waals surface area (Å²) in [6, 6.07) is 8.09. The molecule has 0 atom stereocenters. The second kappa shape index (κ2) is 5.93. The van der Waals surface area contributed by atoms with E-state index in [9.17, 15) is 0 Å². The third-order valence-corrected chi connectivity index (χ3v) is 4.28. The summed E-state index contributed by atoms with van der Waals surface area (Å²) in [5.74, 6) is 6.24. The Balaban J connectivity index is 2.11. The van der Waals surface area contributed by atoms with E-state index in [2.05, 4.69) is 55.5 Å². The molecule has 106 valence electrons. The van der Waals surface area contributed by atoms with Crippen LogP contribution in [0.3, 0.4) is 0 Å². The van der Waals surface area contributed by atoms with Crippen molar-refractivity contribution in [1.82, 2.24) is 0 Å². The molecule has 1 heterocycles. The zero-order valence-corrected chi connectivity index (χ0v) is 14.1. The number of halogens is 1. The normalized spacial score (nSPS) is 19.6. The van der Waals surface area contributed by atoms with Crippen molar-refractivity contribution in [2.75, 3.05) is 5.33 Å². The topological polar surface area (TPSA) is 18.5 Å². The summed E-state index contributed by atoms with van der Waals surface area (Å²) in [6.45, 7) is 8.25. The van der Waals surface area contributed by atoms with E-state index in [0.29, 0.717) is 0 Å². The Bertz CT molecular complexity index is 510. The predicted molar refractivity (Wildman–Crippen MR) is 87.4 cm³/mol. The maximum absolute atomic E-state index is 6.02. The van der Waals surface area contributed by atoms with Crippen LogP contribution < -0.4 is 5.46 Å². The van der Waals surface area contributed by atoms with E-state index in [1.165, 1.54) is 0 Å². The summed E-state index contributed by atoms with van der Waals surface area (Å²) in [4.78, 5) is 0. The van der Waals surface area contributed by atoms with Crippen molar-refractivity contribution in [3.05, 3.63) is 29.8 Å². The minimum atomic E-state index is -0.301. The van der Waals surface area contributed by atoms with E-state index in [0.717, 1.165) is 22.8 Å². The first-order valence-electron chi connectivity index (χ1n) is 6.86. The van der Waals surface area contributed by atoms with Crippen LogP contribution in [0, 0.1) is 11.8 Å². The lowest BCUT2D eigenvalue weighted by molar-refractivity contribution is 0.00578. The largest absolute Gasteiger partial charge is 0.494 e. The van der Waals surface area contributed by atoms with Gasteiger partial charge in [0.1, 0.15) is 0 Å². The first kappa shape index (κ1) is 15.6. The Morgan fingerprint density at radius 1 is 1.05 bits per heavy atom. The van der Waals surface area contributed by atoms with Gasteiger partial charge in [-0.3, -0.25) is 0 Å². The molecular weight excluding hydrogens is 315 g/mol. The Hall–Kier alpha value is -0.755. The standard InChI is InChI=1S/C16H20BBrO2/c1-15(2)16(3,4)20-17(19-15)14-10-8-13(9-11-14)7-5-6-12-18/h8-11H,6,12H2,1-4H3. The van der Waals surface area contributed by atoms with Crippen LogP contribution in [0.4, 0.5) is 0 Å². The number of alkyl halides is 1. The fourth-order valence-corrected chi connectivity index (χ4v) is 2.11. The molecule has 1 aromatic rings. The van der Waals surface area contributed by atoms with Gasteiger partial charge >= 0.3 is 7.12 Å². The van der Waals surface area contributed by atoms with Gasteiger partial charge in [-0.1, -0.05) is 39.9 Å². The molecule has 0 saturated carbocycles. The van der Waals surface area contributed by atoms with Gasteiger partial charge in [-0.25, -0.2) is 0 Å². The lowest BCUT2D eigenvalue weighted by Gasteiger charge is -2.32. The Labute approximate surface area is 130 Å². The molecular formula is C16H20BBrO2. The van der Waals surface area contributed by atoms with Crippen molar-refractivity contribution in [2.24, 2.45) is 0 Å². The van der Waals surface area contributed by atoms with Crippen LogP contribution in [0.5, 0.6) is 0 Å². The molecule has 1 saturated heterocycles. The van der Waals surface area contributed by atoms with Crippen LogP contribution >= 0.6 is 15.9 Å². The summed E-state index contributed by atoms with van der Waals surface area (Å²) < 4.78 is 12.0. The molecule has 1 aliphatic rings. The van der Waals surface area contributed by atoms with Crippen molar-refractivity contribution in [3.8, 4) is 11.8 Å². The first-order valence-corrected chi connectivity index (χ1v) is 7.98. The molecule has 0 bridgehead atoms. The van der Waals surface area contributed by atoms with E-state index in [-0.39, 0.29) is 18.3 Å². The van der Waals surface area contributed by atoms with E-state index in [4.69, 9.17) is 9.31 Å². The first-order chi connectivity index (χ1) is 9.36. The van der Waals surface area contributed by atoms with Crippen molar-refractivity contribution in [3.63, 3.8) is 0 Å². The van der Waals surface area contributed by atoms with E-state index in [1.807, 2.05) is 24.3 Å². The molecule has 20 heavy (non-hydrogen) atoms. The zero-order valence-electron chi connectivity index (χ0n) is 12.5. The van der Waals surface area contributed by atoms with Crippen LogP contribution in [0.15, 0.2) is 24.3 Å². The van der Waals surface area contributed by atoms with Gasteiger partial charge in [0, 0.05) is 17.3 Å². The molecule has 2 rings (SSSR count). The van der Waals surface area contributed by atoms with Crippen LogP contribution in [0.25, 0.3) is 0 Å². The van der Waals surface area contributed by atoms with Crippen LogP contribution in [-0.2, 0) is 9.31 Å². The summed E-state index contributed by atoms with van der Waals surface area (Å²) in [6.07, 6.45) is 0.860. The summed E-state index contributed by atoms with van der Waals surface area (Å²) in [5.41, 5.74) is 1.46. The molecule has 0 radical (unpaired) electrons. The quantitative estimate of drug-likeness (QED) is 0.470. The summed E-state index contributed by atoms with van der Waals surface area (Å²) in [5, 5.41) is 0.909. The average molecular weight is 335 g/mol. The molecule has 0 aliphatic carbocycles. The Morgan fingerprint density at radius 3 is 2.10 bits per heavy atom. The van der Waals surface area contributed by atoms with Crippen LogP contribution in [-0.4, -0.2) is 23.7 Å². The second-order valence-corrected chi connectivity index (χ2v) is 6.74. The highest BCUT2D eigenvalue weighted by Gasteiger charge is 2.51. The van der Waals surface area contributed by atoms with Crippen LogP contribution in [0.2, 0.25) is 0 Å². The van der Waals surface area contributed by atoms with Crippen molar-refractivity contribution in [2.45, 2.75) is 45.3 Å². The van der Waals surface area contributed by atoms with Crippen molar-refractivity contribution < 1.29 is 9.31 Å². The van der Waals surface area contributed by atoms with Gasteiger partial charge in [-0.2, -0.15) is 0 Å². The Kier molecular flexibility index (Phi) is 4.64. The van der Waals surface area contributed by atoms with E-state index in [1.54, 1.807) is 0 Å². The lowest BCUT2D eigenvalue weighted by Crippen LogP contribution is -2.41. The maximum Gasteiger partial charge on any atom is 0.494 e. The maximum atomic E-state index is 6.02. The number of hydrogen-bond donors (Lipinski definition) is 0. The predicted octanol–water partition coefficient (Wildman–Crippen LogP) is 3.12. The third-order valence-electron chi connectivity index (χ3n) is 3.89. The third kappa shape index (κ3) is 3.28. The van der Waals surface area contributed by atoms with E-state index < -0.39 is 0 Å². The Morgan fingerprint density at radius 2 is 1.60 bits per heavy atom. The molecule has 1 aromatic carbocycles. The van der Waals surface area contributed by atoms with Crippen molar-refractivity contribution >= 4 is 28.5 Å². The molecule has 0 spiro atoms. The molecule has 4 heteroatoms. The van der Waals surface area contributed by atoms with Gasteiger partial charge in [-0.15, -0.1) is 0 Å². The second-order valence-electron chi connectivity index (χ2n) is 5.95. The van der Waals surface area contributed by atoms with Gasteiger partial charge in [0.25, 0.3) is 0 Å². The molecule has 2 nitrogen and oxygen atoms in total. The number of hydrogen-bond acceptors (Lipinski definition) is 2. The fraction of sp³-hybridized carbons (Fsp3) is 0.500. The minimum Gasteiger partial charge on any atom is -0.399 e. The lowest BCUT2D eigenvalue weighted by atomic mass is 9.79. The fourth-order valence-electron chi connectivity index (χ4n) is 1.91. The minimum absolute atomic E-state index is 0.300. The highest BCUT2D eigenvalue weighted by molar-refractivity contribution is 9.09. The van der Waals surface area contributed by atoms with Gasteiger partial charge < -0.3 is 9.31 Å². The monoisotopic (exact) mass is 334 g/mol. The molecule has 0 N–H and O–H groups in total. The van der Waals surface area contributed by atoms with Crippen molar-refractivity contribution in [1.29, 1.82) is 0 Å². The molecule has 0 aromatic heterocycles. The molecule has 0 amide bonds. The number of rotatable bonds is 2. The van der Waals surface area contributed by atoms with Gasteiger partial charge in [0.2, 0.25) is 0 Å². The number of benzene rings is 1. The zero-order chi connectivity index (χ0) is 14.8.